The van der Waals surface area contributed by atoms with E-state index in [2.05, 4.69) is 26.1 Å². The van der Waals surface area contributed by atoms with Gasteiger partial charge >= 0.3 is 0 Å². The molecule has 1 saturated heterocycles. The lowest BCUT2D eigenvalue weighted by molar-refractivity contribution is 0.264. The summed E-state index contributed by atoms with van der Waals surface area (Å²) in [4.78, 5) is 4.98. The lowest BCUT2D eigenvalue weighted by Gasteiger charge is -2.32. The second kappa shape index (κ2) is 6.12. The highest BCUT2D eigenvalue weighted by molar-refractivity contribution is 8.13. The molecule has 1 saturated carbocycles. The number of amidine groups is 1. The van der Waals surface area contributed by atoms with Crippen LogP contribution in [0.25, 0.3) is 0 Å². The Morgan fingerprint density at radius 3 is 2.82 bits per heavy atom. The first-order valence-corrected chi connectivity index (χ1v) is 8.14. The molecule has 17 heavy (non-hydrogen) atoms. The van der Waals surface area contributed by atoms with Crippen LogP contribution in [0.4, 0.5) is 0 Å². The van der Waals surface area contributed by atoms with Crippen molar-refractivity contribution in [2.24, 2.45) is 16.8 Å². The minimum atomic E-state index is 0.566. The molecule has 0 bridgehead atoms. The van der Waals surface area contributed by atoms with Crippen LogP contribution < -0.4 is 5.32 Å². The Hall–Kier alpha value is -0.180. The van der Waals surface area contributed by atoms with Gasteiger partial charge in [-0.3, -0.25) is 4.99 Å². The zero-order valence-corrected chi connectivity index (χ0v) is 12.2. The summed E-state index contributed by atoms with van der Waals surface area (Å²) in [6, 6.07) is 1.23. The summed E-state index contributed by atoms with van der Waals surface area (Å²) < 4.78 is 0. The van der Waals surface area contributed by atoms with Crippen molar-refractivity contribution < 1.29 is 0 Å². The number of rotatable bonds is 2. The molecule has 0 aromatic rings. The van der Waals surface area contributed by atoms with E-state index in [4.69, 9.17) is 4.99 Å². The monoisotopic (exact) mass is 254 g/mol. The number of thioether (sulfide) groups is 1. The third-order valence-corrected chi connectivity index (χ3v) is 5.13. The quantitative estimate of drug-likeness (QED) is 0.813. The van der Waals surface area contributed by atoms with Crippen molar-refractivity contribution in [1.29, 1.82) is 0 Å². The Morgan fingerprint density at radius 2 is 2.12 bits per heavy atom. The van der Waals surface area contributed by atoms with Gasteiger partial charge < -0.3 is 5.32 Å². The Balaban J connectivity index is 1.93. The summed E-state index contributed by atoms with van der Waals surface area (Å²) >= 11 is 1.92. The molecule has 4 unspecified atom stereocenters. The van der Waals surface area contributed by atoms with Gasteiger partial charge in [0.05, 0.1) is 6.04 Å². The van der Waals surface area contributed by atoms with Crippen LogP contribution in [-0.4, -0.2) is 23.0 Å². The van der Waals surface area contributed by atoms with Gasteiger partial charge in [-0.2, -0.15) is 0 Å². The van der Waals surface area contributed by atoms with Gasteiger partial charge in [-0.1, -0.05) is 32.5 Å². The third-order valence-electron chi connectivity index (χ3n) is 4.19. The van der Waals surface area contributed by atoms with E-state index >= 15 is 0 Å². The average Bonchev–Trinajstić information content (AvgIpc) is 2.33. The highest BCUT2D eigenvalue weighted by atomic mass is 32.2. The smallest absolute Gasteiger partial charge is 0.157 e. The molecule has 2 rings (SSSR count). The van der Waals surface area contributed by atoms with Crippen LogP contribution in [0, 0.1) is 11.8 Å². The van der Waals surface area contributed by atoms with E-state index in [0.29, 0.717) is 12.1 Å². The van der Waals surface area contributed by atoms with Crippen LogP contribution in [0.3, 0.4) is 0 Å². The van der Waals surface area contributed by atoms with Crippen LogP contribution in [0.15, 0.2) is 4.99 Å². The summed E-state index contributed by atoms with van der Waals surface area (Å²) in [7, 11) is 0. The van der Waals surface area contributed by atoms with Gasteiger partial charge in [0.1, 0.15) is 0 Å². The molecule has 1 heterocycles. The molecule has 1 aliphatic carbocycles. The molecule has 4 atom stereocenters. The van der Waals surface area contributed by atoms with E-state index in [-0.39, 0.29) is 0 Å². The van der Waals surface area contributed by atoms with Crippen LogP contribution >= 0.6 is 11.8 Å². The standard InChI is InChI=1S/C14H26N2S/c1-4-12-7-8-17-14(15-12)16-13-6-5-10(2)9-11(13)3/h10-13H,4-9H2,1-3H3,(H,15,16). The number of hydrogen-bond donors (Lipinski definition) is 1. The summed E-state index contributed by atoms with van der Waals surface area (Å²) in [5, 5.41) is 4.81. The van der Waals surface area contributed by atoms with Crippen LogP contribution in [0.5, 0.6) is 0 Å². The molecule has 2 nitrogen and oxygen atoms in total. The van der Waals surface area contributed by atoms with Crippen molar-refractivity contribution in [1.82, 2.24) is 5.32 Å². The van der Waals surface area contributed by atoms with Crippen LogP contribution in [-0.2, 0) is 0 Å². The van der Waals surface area contributed by atoms with Crippen molar-refractivity contribution in [3.63, 3.8) is 0 Å². The van der Waals surface area contributed by atoms with Crippen molar-refractivity contribution in [2.75, 3.05) is 5.75 Å². The zero-order chi connectivity index (χ0) is 12.3. The average molecular weight is 254 g/mol. The fraction of sp³-hybridized carbons (Fsp3) is 0.929. The second-order valence-electron chi connectivity index (χ2n) is 5.78. The number of hydrogen-bond acceptors (Lipinski definition) is 2. The number of nitrogens with zero attached hydrogens (tertiary/aromatic N) is 1. The molecule has 1 aliphatic heterocycles. The Morgan fingerprint density at radius 1 is 1.29 bits per heavy atom. The summed E-state index contributed by atoms with van der Waals surface area (Å²) in [5.41, 5.74) is 0. The van der Waals surface area contributed by atoms with Crippen LogP contribution in [0.1, 0.15) is 52.9 Å². The maximum Gasteiger partial charge on any atom is 0.157 e. The normalized spacial score (nSPS) is 41.2. The highest BCUT2D eigenvalue weighted by Gasteiger charge is 2.26. The van der Waals surface area contributed by atoms with Gasteiger partial charge in [0.15, 0.2) is 5.17 Å². The fourth-order valence-electron chi connectivity index (χ4n) is 2.96. The first kappa shape index (κ1) is 13.3. The molecule has 2 fully saturated rings. The molecule has 98 valence electrons. The summed E-state index contributed by atoms with van der Waals surface area (Å²) in [6.07, 6.45) is 6.50. The van der Waals surface area contributed by atoms with Gasteiger partial charge in [-0.05, 0) is 43.9 Å². The second-order valence-corrected chi connectivity index (χ2v) is 6.87. The lowest BCUT2D eigenvalue weighted by atomic mass is 9.80. The van der Waals surface area contributed by atoms with Crippen molar-refractivity contribution >= 4 is 16.9 Å². The van der Waals surface area contributed by atoms with E-state index < -0.39 is 0 Å². The molecular formula is C14H26N2S. The number of aliphatic imine (C=N–C) groups is 1. The van der Waals surface area contributed by atoms with Gasteiger partial charge in [-0.15, -0.1) is 0 Å². The molecule has 2 aliphatic rings. The van der Waals surface area contributed by atoms with Gasteiger partial charge in [-0.25, -0.2) is 0 Å². The van der Waals surface area contributed by atoms with Crippen molar-refractivity contribution in [2.45, 2.75) is 65.0 Å². The van der Waals surface area contributed by atoms with Crippen LogP contribution in [0.2, 0.25) is 0 Å². The molecule has 0 radical (unpaired) electrons. The largest absolute Gasteiger partial charge is 0.362 e. The van der Waals surface area contributed by atoms with Gasteiger partial charge in [0.25, 0.3) is 0 Å². The Kier molecular flexibility index (Phi) is 4.78. The maximum absolute atomic E-state index is 4.98. The van der Waals surface area contributed by atoms with E-state index in [1.54, 1.807) is 0 Å². The first-order valence-electron chi connectivity index (χ1n) is 7.16. The Labute approximate surface area is 110 Å². The molecule has 0 aromatic heterocycles. The molecule has 1 N–H and O–H groups in total. The molecule has 0 aromatic carbocycles. The summed E-state index contributed by atoms with van der Waals surface area (Å²) in [6.45, 7) is 7.01. The summed E-state index contributed by atoms with van der Waals surface area (Å²) in [5.74, 6) is 2.90. The lowest BCUT2D eigenvalue weighted by Crippen LogP contribution is -2.39. The van der Waals surface area contributed by atoms with Gasteiger partial charge in [0, 0.05) is 11.8 Å². The first-order chi connectivity index (χ1) is 8.19. The molecule has 0 spiro atoms. The predicted octanol–water partition coefficient (Wildman–Crippen LogP) is 3.67. The number of nitrogens with one attached hydrogen (secondary N) is 1. The van der Waals surface area contributed by atoms with E-state index in [1.807, 2.05) is 11.8 Å². The minimum Gasteiger partial charge on any atom is -0.362 e. The zero-order valence-electron chi connectivity index (χ0n) is 11.4. The SMILES string of the molecule is CCC1CCSC(=NC2CCC(C)CC2C)N1. The van der Waals surface area contributed by atoms with E-state index in [0.717, 1.165) is 11.8 Å². The molecule has 3 heteroatoms. The topological polar surface area (TPSA) is 24.4 Å². The van der Waals surface area contributed by atoms with E-state index in [1.165, 1.54) is 43.0 Å². The van der Waals surface area contributed by atoms with Crippen molar-refractivity contribution in [3.05, 3.63) is 0 Å². The van der Waals surface area contributed by atoms with Gasteiger partial charge in [0.2, 0.25) is 0 Å². The Bertz CT molecular complexity index is 277. The maximum atomic E-state index is 4.98. The predicted molar refractivity (Wildman–Crippen MR) is 77.7 cm³/mol. The van der Waals surface area contributed by atoms with E-state index in [9.17, 15) is 0 Å². The minimum absolute atomic E-state index is 0.566. The van der Waals surface area contributed by atoms with Crippen molar-refractivity contribution in [3.8, 4) is 0 Å². The molecular weight excluding hydrogens is 228 g/mol. The molecule has 0 amide bonds. The third kappa shape index (κ3) is 3.64. The fourth-order valence-corrected chi connectivity index (χ4v) is 4.01. The highest BCUT2D eigenvalue weighted by Crippen LogP contribution is 2.31.